The number of likely N-dealkylation sites (tertiary alicyclic amines) is 1. The molecule has 1 aromatic heterocycles. The molecule has 2 aliphatic rings. The highest BCUT2D eigenvalue weighted by molar-refractivity contribution is 5.83. The first-order valence-electron chi connectivity index (χ1n) is 11.7. The van der Waals surface area contributed by atoms with Gasteiger partial charge in [0.05, 0.1) is 18.8 Å². The predicted molar refractivity (Wildman–Crippen MR) is 131 cm³/mol. The summed E-state index contributed by atoms with van der Waals surface area (Å²) >= 11 is 0. The summed E-state index contributed by atoms with van der Waals surface area (Å²) in [5, 5.41) is 3.23. The van der Waals surface area contributed by atoms with E-state index in [-0.39, 0.29) is 11.9 Å². The number of anilines is 4. The quantitative estimate of drug-likeness (QED) is 0.598. The number of amides is 1. The van der Waals surface area contributed by atoms with Crippen LogP contribution in [0.4, 0.5) is 23.3 Å². The minimum Gasteiger partial charge on any atom is -0.477 e. The number of nitrogens with one attached hydrogen (secondary N) is 1. The molecule has 1 saturated heterocycles. The van der Waals surface area contributed by atoms with E-state index < -0.39 is 6.10 Å². The molecule has 1 amide bonds. The summed E-state index contributed by atoms with van der Waals surface area (Å²) in [6.45, 7) is 4.38. The molecule has 0 unspecified atom stereocenters. The molecule has 0 radical (unpaired) electrons. The van der Waals surface area contributed by atoms with Gasteiger partial charge >= 0.3 is 0 Å². The lowest BCUT2D eigenvalue weighted by Crippen LogP contribution is -2.51. The van der Waals surface area contributed by atoms with Gasteiger partial charge in [-0.15, -0.1) is 0 Å². The number of benzene rings is 2. The molecule has 1 atom stereocenters. The molecule has 1 fully saturated rings. The molecule has 9 nitrogen and oxygen atoms in total. The van der Waals surface area contributed by atoms with Crippen LogP contribution in [0.3, 0.4) is 0 Å². The molecule has 0 saturated carbocycles. The highest BCUT2D eigenvalue weighted by atomic mass is 16.5. The summed E-state index contributed by atoms with van der Waals surface area (Å²) in [5.41, 5.74) is 8.90. The van der Waals surface area contributed by atoms with Crippen LogP contribution in [-0.4, -0.2) is 51.5 Å². The van der Waals surface area contributed by atoms with Crippen molar-refractivity contribution in [2.24, 2.45) is 0 Å². The number of ether oxygens (including phenoxy) is 1. The third-order valence-electron chi connectivity index (χ3n) is 6.23. The maximum Gasteiger partial charge on any atom is 0.265 e. The molecule has 3 heterocycles. The van der Waals surface area contributed by atoms with Gasteiger partial charge in [-0.2, -0.15) is 15.0 Å². The van der Waals surface area contributed by atoms with Crippen LogP contribution in [0.25, 0.3) is 0 Å². The molecule has 0 spiro atoms. The first-order chi connectivity index (χ1) is 16.6. The van der Waals surface area contributed by atoms with Crippen molar-refractivity contribution in [3.05, 3.63) is 59.9 Å². The third-order valence-corrected chi connectivity index (χ3v) is 6.23. The van der Waals surface area contributed by atoms with E-state index in [1.807, 2.05) is 60.4 Å². The zero-order valence-electron chi connectivity index (χ0n) is 19.3. The maximum absolute atomic E-state index is 13.2. The summed E-state index contributed by atoms with van der Waals surface area (Å²) < 4.78 is 6.13. The normalized spacial score (nSPS) is 17.6. The summed E-state index contributed by atoms with van der Waals surface area (Å²) in [4.78, 5) is 30.4. The summed E-state index contributed by atoms with van der Waals surface area (Å²) in [6, 6.07) is 15.6. The fourth-order valence-electron chi connectivity index (χ4n) is 4.47. The number of nitrogens with two attached hydrogens (primary N) is 1. The Balaban J connectivity index is 1.38. The first kappa shape index (κ1) is 21.9. The molecule has 176 valence electrons. The first-order valence-corrected chi connectivity index (χ1v) is 11.7. The molecule has 0 aliphatic carbocycles. The van der Waals surface area contributed by atoms with E-state index in [1.165, 1.54) is 6.42 Å². The van der Waals surface area contributed by atoms with Gasteiger partial charge in [-0.1, -0.05) is 30.3 Å². The number of hydrogen-bond donors (Lipinski definition) is 2. The van der Waals surface area contributed by atoms with Gasteiger partial charge in [0.25, 0.3) is 5.91 Å². The Morgan fingerprint density at radius 1 is 1.06 bits per heavy atom. The predicted octanol–water partition coefficient (Wildman–Crippen LogP) is 3.29. The number of nitrogens with zero attached hydrogens (tertiary/aromatic N) is 5. The Labute approximate surface area is 199 Å². The number of fused-ring (bicyclic) bond motifs is 1. The van der Waals surface area contributed by atoms with E-state index in [1.54, 1.807) is 0 Å². The van der Waals surface area contributed by atoms with E-state index in [4.69, 9.17) is 10.5 Å². The molecule has 2 aliphatic heterocycles. The zero-order chi connectivity index (χ0) is 23.5. The number of para-hydroxylation sites is 3. The van der Waals surface area contributed by atoms with Crippen LogP contribution in [0.15, 0.2) is 48.5 Å². The molecule has 3 N–H and O–H groups in total. The number of aryl methyl sites for hydroxylation is 1. The van der Waals surface area contributed by atoms with Crippen molar-refractivity contribution in [3.8, 4) is 5.75 Å². The molecule has 3 aromatic rings. The third kappa shape index (κ3) is 4.73. The standard InChI is InChI=1S/C25H29N7O2/c1-17-9-3-4-10-18(17)27-25-29-22(28-24(26)30-25)16-32-15-21(23(33)31-13-7-2-8-14-31)34-20-12-6-5-11-19(20)32/h3-6,9-12,21H,2,7-8,13-16H2,1H3,(H3,26,27,28,29,30)/t21-/m0/s1. The molecular weight excluding hydrogens is 430 g/mol. The van der Waals surface area contributed by atoms with E-state index in [0.29, 0.717) is 30.6 Å². The number of piperidine rings is 1. The highest BCUT2D eigenvalue weighted by Crippen LogP contribution is 2.34. The fraction of sp³-hybridized carbons (Fsp3) is 0.360. The van der Waals surface area contributed by atoms with E-state index in [9.17, 15) is 4.79 Å². The topological polar surface area (TPSA) is 109 Å². The Morgan fingerprint density at radius 2 is 1.82 bits per heavy atom. The summed E-state index contributed by atoms with van der Waals surface area (Å²) in [5.74, 6) is 1.77. The van der Waals surface area contributed by atoms with Crippen LogP contribution >= 0.6 is 0 Å². The Kier molecular flexibility index (Phi) is 6.16. The van der Waals surface area contributed by atoms with E-state index in [0.717, 1.165) is 42.9 Å². The number of carbonyl (C=O) groups is 1. The van der Waals surface area contributed by atoms with Crippen LogP contribution < -0.4 is 20.7 Å². The average molecular weight is 460 g/mol. The van der Waals surface area contributed by atoms with Crippen LogP contribution in [0, 0.1) is 6.92 Å². The fourth-order valence-corrected chi connectivity index (χ4v) is 4.47. The summed E-state index contributed by atoms with van der Waals surface area (Å²) in [7, 11) is 0. The highest BCUT2D eigenvalue weighted by Gasteiger charge is 2.34. The lowest BCUT2D eigenvalue weighted by atomic mass is 10.1. The molecular formula is C25H29N7O2. The molecule has 9 heteroatoms. The molecule has 2 aromatic carbocycles. The Morgan fingerprint density at radius 3 is 2.65 bits per heavy atom. The van der Waals surface area contributed by atoms with Crippen molar-refractivity contribution in [1.82, 2.24) is 19.9 Å². The second kappa shape index (κ2) is 9.54. The van der Waals surface area contributed by atoms with Gasteiger partial charge in [0.15, 0.2) is 11.9 Å². The zero-order valence-corrected chi connectivity index (χ0v) is 19.3. The lowest BCUT2D eigenvalue weighted by molar-refractivity contribution is -0.139. The van der Waals surface area contributed by atoms with Gasteiger partial charge in [-0.05, 0) is 49.9 Å². The lowest BCUT2D eigenvalue weighted by Gasteiger charge is -2.38. The van der Waals surface area contributed by atoms with Gasteiger partial charge in [0.1, 0.15) is 5.75 Å². The molecule has 5 rings (SSSR count). The smallest absolute Gasteiger partial charge is 0.265 e. The SMILES string of the molecule is Cc1ccccc1Nc1nc(N)nc(CN2C[C@@H](C(=O)N3CCCCC3)Oc3ccccc32)n1. The van der Waals surface area contributed by atoms with E-state index >= 15 is 0 Å². The van der Waals surface area contributed by atoms with Crippen molar-refractivity contribution in [3.63, 3.8) is 0 Å². The number of rotatable bonds is 5. The van der Waals surface area contributed by atoms with Crippen LogP contribution in [0.1, 0.15) is 30.7 Å². The monoisotopic (exact) mass is 459 g/mol. The Hall–Kier alpha value is -3.88. The Bertz CT molecular complexity index is 1180. The minimum atomic E-state index is -0.572. The number of hydrogen-bond acceptors (Lipinski definition) is 8. The average Bonchev–Trinajstić information content (AvgIpc) is 2.85. The van der Waals surface area contributed by atoms with Crippen LogP contribution in [0.5, 0.6) is 5.75 Å². The molecule has 34 heavy (non-hydrogen) atoms. The van der Waals surface area contributed by atoms with E-state index in [2.05, 4.69) is 25.2 Å². The van der Waals surface area contributed by atoms with Crippen LogP contribution in [-0.2, 0) is 11.3 Å². The van der Waals surface area contributed by atoms with Crippen molar-refractivity contribution in [1.29, 1.82) is 0 Å². The van der Waals surface area contributed by atoms with Crippen molar-refractivity contribution < 1.29 is 9.53 Å². The van der Waals surface area contributed by atoms with Gasteiger partial charge in [-0.3, -0.25) is 4.79 Å². The largest absolute Gasteiger partial charge is 0.477 e. The van der Waals surface area contributed by atoms with Crippen molar-refractivity contribution >= 4 is 29.2 Å². The molecule has 0 bridgehead atoms. The van der Waals surface area contributed by atoms with Crippen LogP contribution in [0.2, 0.25) is 0 Å². The number of carbonyl (C=O) groups excluding carboxylic acids is 1. The number of aromatic nitrogens is 3. The minimum absolute atomic E-state index is 0.0382. The summed E-state index contributed by atoms with van der Waals surface area (Å²) in [6.07, 6.45) is 2.68. The second-order valence-corrected chi connectivity index (χ2v) is 8.71. The van der Waals surface area contributed by atoms with Gasteiger partial charge < -0.3 is 25.6 Å². The van der Waals surface area contributed by atoms with Crippen molar-refractivity contribution in [2.45, 2.75) is 38.8 Å². The maximum atomic E-state index is 13.2. The number of nitrogen functional groups attached to an aromatic ring is 1. The van der Waals surface area contributed by atoms with Gasteiger partial charge in [0, 0.05) is 18.8 Å². The van der Waals surface area contributed by atoms with Gasteiger partial charge in [-0.25, -0.2) is 0 Å². The second-order valence-electron chi connectivity index (χ2n) is 8.71. The van der Waals surface area contributed by atoms with Crippen molar-refractivity contribution in [2.75, 3.05) is 35.6 Å². The van der Waals surface area contributed by atoms with Gasteiger partial charge in [0.2, 0.25) is 11.9 Å².